The number of benzene rings is 2. The van der Waals surface area contributed by atoms with Crippen LogP contribution in [0.4, 0.5) is 4.39 Å². The van der Waals surface area contributed by atoms with Gasteiger partial charge in [0.25, 0.3) is 5.91 Å². The normalized spacial score (nSPS) is 22.1. The van der Waals surface area contributed by atoms with Gasteiger partial charge < -0.3 is 24.4 Å². The predicted molar refractivity (Wildman–Crippen MR) is 140 cm³/mol. The van der Waals surface area contributed by atoms with E-state index in [0.29, 0.717) is 36.7 Å². The third-order valence-corrected chi connectivity index (χ3v) is 7.62. The number of carbonyl (C=O) groups excluding carboxylic acids is 1. The lowest BCUT2D eigenvalue weighted by Crippen LogP contribution is -2.45. The Balaban J connectivity index is 1.19. The van der Waals surface area contributed by atoms with E-state index in [9.17, 15) is 14.3 Å². The van der Waals surface area contributed by atoms with Crippen LogP contribution < -0.4 is 9.47 Å². The first kappa shape index (κ1) is 25.9. The van der Waals surface area contributed by atoms with Crippen LogP contribution in [0.25, 0.3) is 0 Å². The third-order valence-electron chi connectivity index (χ3n) is 7.62. The lowest BCUT2D eigenvalue weighted by atomic mass is 10.00. The third kappa shape index (κ3) is 6.43. The Morgan fingerprint density at radius 1 is 1.08 bits per heavy atom. The van der Waals surface area contributed by atoms with Crippen molar-refractivity contribution in [3.63, 3.8) is 0 Å². The number of carbonyl (C=O) groups is 1. The summed E-state index contributed by atoms with van der Waals surface area (Å²) in [6.45, 7) is 6.69. The molecule has 2 aromatic carbocycles. The van der Waals surface area contributed by atoms with Crippen LogP contribution in [0.3, 0.4) is 0 Å². The standard InChI is InChI=1S/C29H38FN3O4/c1-21-17-33(20-24(34)19-32-12-8-22-4-2-3-5-23(22)18-32)29(35)27-7-6-26(16-28(27)36-21)37-25-9-13-31(14-10-25)15-11-30/h2-7,16,21,24-25,34H,8-15,17-20H2,1H3/t21-,24+/m0/s1. The monoisotopic (exact) mass is 511 g/mol. The number of aliphatic hydroxyl groups is 1. The molecule has 1 amide bonds. The number of hydrogen-bond donors (Lipinski definition) is 1. The number of rotatable bonds is 8. The number of piperidine rings is 1. The summed E-state index contributed by atoms with van der Waals surface area (Å²) in [4.78, 5) is 19.5. The van der Waals surface area contributed by atoms with E-state index in [2.05, 4.69) is 34.1 Å². The van der Waals surface area contributed by atoms with Crippen LogP contribution in [-0.4, -0.2) is 96.5 Å². The van der Waals surface area contributed by atoms with Gasteiger partial charge in [-0.2, -0.15) is 0 Å². The van der Waals surface area contributed by atoms with Crippen LogP contribution in [0.2, 0.25) is 0 Å². The molecule has 1 fully saturated rings. The highest BCUT2D eigenvalue weighted by Crippen LogP contribution is 2.31. The van der Waals surface area contributed by atoms with Gasteiger partial charge in [0.05, 0.1) is 18.2 Å². The molecule has 0 saturated carbocycles. The van der Waals surface area contributed by atoms with Crippen molar-refractivity contribution in [1.29, 1.82) is 0 Å². The van der Waals surface area contributed by atoms with Gasteiger partial charge in [-0.25, -0.2) is 4.39 Å². The molecule has 8 heteroatoms. The predicted octanol–water partition coefficient (Wildman–Crippen LogP) is 3.14. The highest BCUT2D eigenvalue weighted by molar-refractivity contribution is 5.97. The van der Waals surface area contributed by atoms with Crippen molar-refractivity contribution in [2.24, 2.45) is 0 Å². The largest absolute Gasteiger partial charge is 0.490 e. The number of β-amino-alcohol motifs (C(OH)–C–C–N with tert-alkyl or cyclic N) is 1. The van der Waals surface area contributed by atoms with E-state index in [1.807, 2.05) is 19.1 Å². The molecule has 0 radical (unpaired) electrons. The molecule has 37 heavy (non-hydrogen) atoms. The number of aliphatic hydroxyl groups excluding tert-OH is 1. The summed E-state index contributed by atoms with van der Waals surface area (Å²) in [6, 6.07) is 13.9. The van der Waals surface area contributed by atoms with Gasteiger partial charge in [-0.3, -0.25) is 9.69 Å². The highest BCUT2D eigenvalue weighted by Gasteiger charge is 2.30. The minimum Gasteiger partial charge on any atom is -0.490 e. The molecule has 3 aliphatic heterocycles. The van der Waals surface area contributed by atoms with E-state index in [4.69, 9.17) is 9.47 Å². The van der Waals surface area contributed by atoms with Crippen LogP contribution in [0.1, 0.15) is 41.3 Å². The second kappa shape index (κ2) is 11.8. The Hall–Kier alpha value is -2.68. The SMILES string of the molecule is C[C@H]1CN(C[C@H](O)CN2CCc3ccccc3C2)C(=O)c2ccc(OC3CCN(CCF)CC3)cc2O1. The van der Waals surface area contributed by atoms with Crippen molar-refractivity contribution in [3.05, 3.63) is 59.2 Å². The number of likely N-dealkylation sites (tertiary alicyclic amines) is 1. The zero-order valence-electron chi connectivity index (χ0n) is 21.7. The van der Waals surface area contributed by atoms with Gasteiger partial charge in [0, 0.05) is 51.9 Å². The van der Waals surface area contributed by atoms with E-state index in [1.54, 1.807) is 11.0 Å². The summed E-state index contributed by atoms with van der Waals surface area (Å²) in [6.07, 6.45) is 1.89. The number of hydrogen-bond acceptors (Lipinski definition) is 6. The molecular formula is C29H38FN3O4. The van der Waals surface area contributed by atoms with Crippen LogP contribution in [0.15, 0.2) is 42.5 Å². The van der Waals surface area contributed by atoms with Crippen LogP contribution in [0.5, 0.6) is 11.5 Å². The van der Waals surface area contributed by atoms with Crippen molar-refractivity contribution in [1.82, 2.24) is 14.7 Å². The van der Waals surface area contributed by atoms with Gasteiger partial charge in [0.1, 0.15) is 30.4 Å². The van der Waals surface area contributed by atoms with Crippen molar-refractivity contribution in [3.8, 4) is 11.5 Å². The number of fused-ring (bicyclic) bond motifs is 2. The Kier molecular flexibility index (Phi) is 8.27. The van der Waals surface area contributed by atoms with Gasteiger partial charge in [-0.15, -0.1) is 0 Å². The maximum atomic E-state index is 13.4. The topological polar surface area (TPSA) is 65.5 Å². The van der Waals surface area contributed by atoms with Crippen molar-refractivity contribution in [2.45, 2.75) is 51.0 Å². The summed E-state index contributed by atoms with van der Waals surface area (Å²) < 4.78 is 24.9. The zero-order chi connectivity index (χ0) is 25.8. The van der Waals surface area contributed by atoms with E-state index < -0.39 is 6.10 Å². The minimum atomic E-state index is -0.645. The molecule has 2 aromatic rings. The summed E-state index contributed by atoms with van der Waals surface area (Å²) >= 11 is 0. The second-order valence-electron chi connectivity index (χ2n) is 10.6. The molecule has 3 aliphatic rings. The molecule has 1 saturated heterocycles. The number of alkyl halides is 1. The van der Waals surface area contributed by atoms with Crippen LogP contribution in [-0.2, 0) is 13.0 Å². The fourth-order valence-corrected chi connectivity index (χ4v) is 5.71. The van der Waals surface area contributed by atoms with Gasteiger partial charge in [-0.05, 0) is 49.4 Å². The van der Waals surface area contributed by atoms with E-state index >= 15 is 0 Å². The fourth-order valence-electron chi connectivity index (χ4n) is 5.71. The smallest absolute Gasteiger partial charge is 0.257 e. The van der Waals surface area contributed by atoms with Gasteiger partial charge in [-0.1, -0.05) is 24.3 Å². The quantitative estimate of drug-likeness (QED) is 0.588. The van der Waals surface area contributed by atoms with Gasteiger partial charge in [0.2, 0.25) is 0 Å². The minimum absolute atomic E-state index is 0.0706. The molecule has 3 heterocycles. The second-order valence-corrected chi connectivity index (χ2v) is 10.6. The molecule has 0 bridgehead atoms. The van der Waals surface area contributed by atoms with Crippen molar-refractivity contribution < 1.29 is 23.8 Å². The Morgan fingerprint density at radius 3 is 2.65 bits per heavy atom. The molecular weight excluding hydrogens is 473 g/mol. The van der Waals surface area contributed by atoms with Gasteiger partial charge >= 0.3 is 0 Å². The lowest BCUT2D eigenvalue weighted by molar-refractivity contribution is 0.0454. The first-order valence-electron chi connectivity index (χ1n) is 13.5. The van der Waals surface area contributed by atoms with Crippen LogP contribution >= 0.6 is 0 Å². The van der Waals surface area contributed by atoms with Crippen molar-refractivity contribution >= 4 is 5.91 Å². The lowest BCUT2D eigenvalue weighted by Gasteiger charge is -2.32. The molecule has 2 atom stereocenters. The Morgan fingerprint density at radius 2 is 1.86 bits per heavy atom. The molecule has 200 valence electrons. The average molecular weight is 512 g/mol. The molecule has 0 spiro atoms. The maximum absolute atomic E-state index is 13.4. The zero-order valence-corrected chi connectivity index (χ0v) is 21.7. The fraction of sp³-hybridized carbons (Fsp3) is 0.552. The summed E-state index contributed by atoms with van der Waals surface area (Å²) in [5.74, 6) is 1.07. The summed E-state index contributed by atoms with van der Waals surface area (Å²) in [5.41, 5.74) is 3.18. The molecule has 0 aromatic heterocycles. The van der Waals surface area contributed by atoms with E-state index in [-0.39, 0.29) is 31.3 Å². The Labute approximate surface area is 218 Å². The van der Waals surface area contributed by atoms with Crippen molar-refractivity contribution in [2.75, 3.05) is 52.5 Å². The first-order valence-corrected chi connectivity index (χ1v) is 13.5. The molecule has 0 aliphatic carbocycles. The number of halogens is 1. The first-order chi connectivity index (χ1) is 18.0. The van der Waals surface area contributed by atoms with Gasteiger partial charge in [0.15, 0.2) is 0 Å². The molecule has 1 N–H and O–H groups in total. The molecule has 5 rings (SSSR count). The summed E-state index contributed by atoms with van der Waals surface area (Å²) in [7, 11) is 0. The number of ether oxygens (including phenoxy) is 2. The van der Waals surface area contributed by atoms with E-state index in [1.165, 1.54) is 11.1 Å². The number of amides is 1. The van der Waals surface area contributed by atoms with E-state index in [0.717, 1.165) is 45.4 Å². The molecule has 0 unspecified atom stereocenters. The van der Waals surface area contributed by atoms with Crippen LogP contribution in [0, 0.1) is 0 Å². The maximum Gasteiger partial charge on any atom is 0.257 e. The molecule has 7 nitrogen and oxygen atoms in total. The Bertz CT molecular complexity index is 1070. The highest BCUT2D eigenvalue weighted by atomic mass is 19.1. The summed E-state index contributed by atoms with van der Waals surface area (Å²) in [5, 5.41) is 10.9. The number of nitrogens with zero attached hydrogens (tertiary/aromatic N) is 3. The average Bonchev–Trinajstić information content (AvgIpc) is 3.00.